The highest BCUT2D eigenvalue weighted by Crippen LogP contribution is 2.72. The minimum atomic E-state index is 0.221. The van der Waals surface area contributed by atoms with E-state index in [1.54, 1.807) is 11.1 Å². The zero-order valence-electron chi connectivity index (χ0n) is 12.3. The fraction of sp³-hybridized carbons (Fsp3) is 0.222. The van der Waals surface area contributed by atoms with E-state index in [4.69, 9.17) is 0 Å². The number of fused-ring (bicyclic) bond motifs is 5. The summed E-state index contributed by atoms with van der Waals surface area (Å²) < 4.78 is 3.28. The van der Waals surface area contributed by atoms with Gasteiger partial charge in [0.1, 0.15) is 0 Å². The van der Waals surface area contributed by atoms with Crippen LogP contribution in [-0.2, 0) is 4.75 Å². The van der Waals surface area contributed by atoms with Crippen molar-refractivity contribution in [1.29, 1.82) is 0 Å². The zero-order chi connectivity index (χ0) is 14.9. The first kappa shape index (κ1) is 13.7. The van der Waals surface area contributed by atoms with Crippen molar-refractivity contribution < 1.29 is 0 Å². The summed E-state index contributed by atoms with van der Waals surface area (Å²) in [5, 5.41) is 0.600. The molecule has 0 aliphatic carbocycles. The topological polar surface area (TPSA) is 0 Å². The number of benzene rings is 1. The van der Waals surface area contributed by atoms with Gasteiger partial charge in [-0.15, -0.1) is 46.2 Å². The van der Waals surface area contributed by atoms with E-state index in [1.165, 1.54) is 23.7 Å². The molecule has 3 aromatic rings. The van der Waals surface area contributed by atoms with Gasteiger partial charge in [0.05, 0.1) is 18.4 Å². The van der Waals surface area contributed by atoms with Gasteiger partial charge in [-0.3, -0.25) is 0 Å². The number of thiophene rings is 2. The second-order valence-electron chi connectivity index (χ2n) is 5.98. The summed E-state index contributed by atoms with van der Waals surface area (Å²) in [7, 11) is 0. The van der Waals surface area contributed by atoms with Crippen molar-refractivity contribution >= 4 is 46.2 Å². The molecule has 2 atom stereocenters. The summed E-state index contributed by atoms with van der Waals surface area (Å²) in [6.45, 7) is 4.66. The largest absolute Gasteiger partial charge is 0.134 e. The monoisotopic (exact) mass is 358 g/mol. The third-order valence-electron chi connectivity index (χ3n) is 4.45. The molecule has 0 saturated carbocycles. The second-order valence-corrected chi connectivity index (χ2v) is 11.4. The number of aryl methyl sites for hydroxylation is 1. The Morgan fingerprint density at radius 3 is 2.64 bits per heavy atom. The molecule has 4 heterocycles. The minimum absolute atomic E-state index is 0.221. The molecular weight excluding hydrogens is 344 g/mol. The molecule has 2 aliphatic rings. The molecular formula is C18H14S4. The van der Waals surface area contributed by atoms with Gasteiger partial charge in [0.2, 0.25) is 0 Å². The van der Waals surface area contributed by atoms with E-state index in [2.05, 4.69) is 79.8 Å². The second kappa shape index (κ2) is 4.67. The molecule has 110 valence electrons. The lowest BCUT2D eigenvalue weighted by Crippen LogP contribution is -2.15. The Morgan fingerprint density at radius 1 is 1.00 bits per heavy atom. The van der Waals surface area contributed by atoms with E-state index in [0.29, 0.717) is 5.25 Å². The van der Waals surface area contributed by atoms with E-state index in [9.17, 15) is 0 Å². The quantitative estimate of drug-likeness (QED) is 0.461. The average Bonchev–Trinajstić information content (AvgIpc) is 3.19. The molecule has 0 fully saturated rings. The van der Waals surface area contributed by atoms with Crippen molar-refractivity contribution in [3.63, 3.8) is 0 Å². The predicted octanol–water partition coefficient (Wildman–Crippen LogP) is 6.95. The minimum Gasteiger partial charge on any atom is -0.134 e. The summed E-state index contributed by atoms with van der Waals surface area (Å²) in [5.41, 5.74) is 4.47. The average molecular weight is 359 g/mol. The summed E-state index contributed by atoms with van der Waals surface area (Å²) in [5.74, 6) is 0. The smallest absolute Gasteiger partial charge is 0.0658 e. The molecule has 0 amide bonds. The van der Waals surface area contributed by atoms with Crippen LogP contribution < -0.4 is 0 Å². The molecule has 0 bridgehead atoms. The fourth-order valence-corrected chi connectivity index (χ4v) is 9.99. The van der Waals surface area contributed by atoms with Gasteiger partial charge in [0.25, 0.3) is 0 Å². The molecule has 0 N–H and O–H groups in total. The van der Waals surface area contributed by atoms with Crippen LogP contribution in [0.5, 0.6) is 0 Å². The molecule has 0 saturated heterocycles. The van der Waals surface area contributed by atoms with E-state index >= 15 is 0 Å². The Kier molecular flexibility index (Phi) is 2.91. The van der Waals surface area contributed by atoms with Crippen LogP contribution in [0.1, 0.15) is 28.2 Å². The predicted molar refractivity (Wildman–Crippen MR) is 101 cm³/mol. The third-order valence-corrected chi connectivity index (χ3v) is 10.2. The van der Waals surface area contributed by atoms with Gasteiger partial charge in [-0.05, 0) is 42.7 Å². The van der Waals surface area contributed by atoms with E-state index in [0.717, 1.165) is 0 Å². The number of hydrogen-bond donors (Lipinski definition) is 0. The van der Waals surface area contributed by atoms with E-state index in [1.807, 2.05) is 22.7 Å². The lowest BCUT2D eigenvalue weighted by Gasteiger charge is -2.23. The van der Waals surface area contributed by atoms with Crippen LogP contribution in [0, 0.1) is 6.92 Å². The molecule has 22 heavy (non-hydrogen) atoms. The van der Waals surface area contributed by atoms with Crippen LogP contribution in [-0.4, -0.2) is 0 Å². The van der Waals surface area contributed by atoms with Crippen LogP contribution in [0.2, 0.25) is 0 Å². The van der Waals surface area contributed by atoms with Gasteiger partial charge < -0.3 is 0 Å². The van der Waals surface area contributed by atoms with Crippen molar-refractivity contribution in [3.05, 3.63) is 58.5 Å². The van der Waals surface area contributed by atoms with Crippen LogP contribution in [0.25, 0.3) is 10.4 Å². The molecule has 0 nitrogen and oxygen atoms in total. The van der Waals surface area contributed by atoms with Crippen molar-refractivity contribution in [3.8, 4) is 10.4 Å². The lowest BCUT2D eigenvalue weighted by molar-refractivity contribution is 0.701. The first-order valence-corrected chi connectivity index (χ1v) is 10.6. The number of hydrogen-bond acceptors (Lipinski definition) is 4. The number of thioether (sulfide) groups is 2. The molecule has 2 aromatic heterocycles. The van der Waals surface area contributed by atoms with Gasteiger partial charge in [0, 0.05) is 9.75 Å². The van der Waals surface area contributed by atoms with Crippen molar-refractivity contribution in [1.82, 2.24) is 0 Å². The maximum Gasteiger partial charge on any atom is 0.0658 e. The maximum atomic E-state index is 2.44. The molecule has 0 radical (unpaired) electrons. The first-order valence-electron chi connectivity index (χ1n) is 7.31. The molecule has 4 heteroatoms. The van der Waals surface area contributed by atoms with Crippen LogP contribution in [0.3, 0.4) is 0 Å². The van der Waals surface area contributed by atoms with Crippen molar-refractivity contribution in [2.45, 2.75) is 32.3 Å². The molecule has 0 spiro atoms. The highest BCUT2D eigenvalue weighted by Gasteiger charge is 2.52. The Bertz CT molecular complexity index is 874. The van der Waals surface area contributed by atoms with Crippen LogP contribution in [0.4, 0.5) is 0 Å². The Balaban J connectivity index is 1.60. The standard InChI is InChI=1S/C18H14S4/c1-10-8-12-15-18(2,22-16(12)19-10)13-9-14(20-17(13)21-15)11-6-4-3-5-7-11/h3-9,15H,1-2H3/t15-,18?/m1/s1. The van der Waals surface area contributed by atoms with Crippen molar-refractivity contribution in [2.75, 3.05) is 0 Å². The zero-order valence-corrected chi connectivity index (χ0v) is 15.5. The van der Waals surface area contributed by atoms with Crippen molar-refractivity contribution in [2.24, 2.45) is 0 Å². The maximum absolute atomic E-state index is 2.44. The lowest BCUT2D eigenvalue weighted by atomic mass is 9.95. The van der Waals surface area contributed by atoms with Crippen LogP contribution >= 0.6 is 46.2 Å². The Morgan fingerprint density at radius 2 is 1.82 bits per heavy atom. The normalized spacial score (nSPS) is 25.1. The molecule has 1 aromatic carbocycles. The first-order chi connectivity index (χ1) is 10.6. The van der Waals surface area contributed by atoms with Gasteiger partial charge in [-0.1, -0.05) is 30.3 Å². The highest BCUT2D eigenvalue weighted by molar-refractivity contribution is 8.07. The van der Waals surface area contributed by atoms with E-state index in [-0.39, 0.29) is 4.75 Å². The molecule has 2 aliphatic heterocycles. The van der Waals surface area contributed by atoms with Gasteiger partial charge in [-0.25, -0.2) is 0 Å². The summed E-state index contributed by atoms with van der Waals surface area (Å²) in [6, 6.07) is 15.6. The third kappa shape index (κ3) is 1.78. The van der Waals surface area contributed by atoms with Gasteiger partial charge in [0.15, 0.2) is 0 Å². The van der Waals surface area contributed by atoms with Gasteiger partial charge in [-0.2, -0.15) is 0 Å². The van der Waals surface area contributed by atoms with E-state index < -0.39 is 0 Å². The molecule has 5 rings (SSSR count). The highest BCUT2D eigenvalue weighted by atomic mass is 32.2. The Hall–Kier alpha value is -0.680. The fourth-order valence-electron chi connectivity index (χ4n) is 3.35. The SMILES string of the molecule is Cc1cc2c(s1)SC1(C)c3cc(-c4ccccc4)sc3S[C@H]21. The van der Waals surface area contributed by atoms with Gasteiger partial charge >= 0.3 is 0 Å². The summed E-state index contributed by atoms with van der Waals surface area (Å²) >= 11 is 8.09. The molecule has 1 unspecified atom stereocenters. The number of rotatable bonds is 1. The Labute approximate surface area is 147 Å². The summed E-state index contributed by atoms with van der Waals surface area (Å²) in [6.07, 6.45) is 0. The summed E-state index contributed by atoms with van der Waals surface area (Å²) in [4.78, 5) is 2.85. The van der Waals surface area contributed by atoms with Crippen LogP contribution in [0.15, 0.2) is 50.9 Å².